The van der Waals surface area contributed by atoms with Crippen molar-refractivity contribution in [1.82, 2.24) is 10.1 Å². The average Bonchev–Trinajstić information content (AvgIpc) is 3.26. The second-order valence-corrected chi connectivity index (χ2v) is 13.7. The van der Waals surface area contributed by atoms with Gasteiger partial charge in [-0.15, -0.1) is 0 Å². The second kappa shape index (κ2) is 11.1. The first kappa shape index (κ1) is 30.7. The van der Waals surface area contributed by atoms with Gasteiger partial charge in [0.15, 0.2) is 11.5 Å². The zero-order chi connectivity index (χ0) is 30.5. The number of allylic oxidation sites excluding steroid dienone is 2. The molecule has 0 atom stereocenters. The molecular formula is C32H41F4N3O3. The Balaban J connectivity index is 1.22. The summed E-state index contributed by atoms with van der Waals surface area (Å²) < 4.78 is 58.4. The first-order valence-electron chi connectivity index (χ1n) is 15.0. The van der Waals surface area contributed by atoms with Gasteiger partial charge in [-0.2, -0.15) is 18.2 Å². The number of aromatic nitrogens is 2. The van der Waals surface area contributed by atoms with E-state index in [2.05, 4.69) is 16.2 Å². The van der Waals surface area contributed by atoms with Gasteiger partial charge in [-0.25, -0.2) is 4.39 Å². The monoisotopic (exact) mass is 591 g/mol. The number of hydrogen-bond acceptors (Lipinski definition) is 5. The highest BCUT2D eigenvalue weighted by Crippen LogP contribution is 2.61. The largest absolute Gasteiger partial charge is 0.391 e. The Morgan fingerprint density at radius 1 is 1.07 bits per heavy atom. The van der Waals surface area contributed by atoms with Crippen LogP contribution in [0, 0.1) is 23.2 Å². The number of rotatable bonds is 11. The highest BCUT2D eigenvalue weighted by Gasteiger charge is 2.52. The summed E-state index contributed by atoms with van der Waals surface area (Å²) in [6, 6.07) is 7.74. The Bertz CT molecular complexity index is 1310. The highest BCUT2D eigenvalue weighted by atomic mass is 19.4. The minimum atomic E-state index is -4.27. The molecule has 1 amide bonds. The van der Waals surface area contributed by atoms with Crippen molar-refractivity contribution in [2.45, 2.75) is 103 Å². The van der Waals surface area contributed by atoms with Gasteiger partial charge in [0.2, 0.25) is 5.91 Å². The number of carbonyl (C=O) groups is 1. The van der Waals surface area contributed by atoms with E-state index in [1.807, 2.05) is 38.1 Å². The van der Waals surface area contributed by atoms with E-state index in [4.69, 9.17) is 4.52 Å². The predicted octanol–water partition coefficient (Wildman–Crippen LogP) is 7.56. The number of benzene rings is 1. The maximum Gasteiger partial charge on any atom is 0.391 e. The number of aliphatic hydroxyl groups is 1. The maximum absolute atomic E-state index is 14.0. The van der Waals surface area contributed by atoms with Crippen molar-refractivity contribution in [3.63, 3.8) is 0 Å². The number of alkyl halides is 4. The fourth-order valence-electron chi connectivity index (χ4n) is 6.46. The molecule has 1 spiro atoms. The lowest BCUT2D eigenvalue weighted by molar-refractivity contribution is -0.204. The smallest absolute Gasteiger partial charge is 0.390 e. The van der Waals surface area contributed by atoms with Crippen LogP contribution in [-0.4, -0.2) is 39.5 Å². The Labute approximate surface area is 244 Å². The molecule has 230 valence electrons. The minimum absolute atomic E-state index is 0.0614. The molecule has 3 aliphatic rings. The Morgan fingerprint density at radius 3 is 2.36 bits per heavy atom. The molecule has 5 rings (SSSR count). The van der Waals surface area contributed by atoms with Crippen LogP contribution in [0.4, 0.5) is 23.2 Å². The van der Waals surface area contributed by atoms with Crippen LogP contribution in [0.2, 0.25) is 0 Å². The van der Waals surface area contributed by atoms with Gasteiger partial charge in [0, 0.05) is 24.6 Å². The molecule has 2 aromatic rings. The van der Waals surface area contributed by atoms with Gasteiger partial charge < -0.3 is 14.5 Å². The third-order valence-electron chi connectivity index (χ3n) is 9.33. The normalized spacial score (nSPS) is 25.8. The summed E-state index contributed by atoms with van der Waals surface area (Å²) in [6.07, 6.45) is 3.11. The fourth-order valence-corrected chi connectivity index (χ4v) is 6.46. The number of halogens is 4. The van der Waals surface area contributed by atoms with Crippen molar-refractivity contribution >= 4 is 17.2 Å². The molecule has 3 aliphatic carbocycles. The summed E-state index contributed by atoms with van der Waals surface area (Å²) in [5, 5.41) is 14.1. The molecule has 0 radical (unpaired) electrons. The third kappa shape index (κ3) is 6.58. The van der Waals surface area contributed by atoms with E-state index >= 15 is 0 Å². The number of unbranched alkanes of at least 4 members (excludes halogenated alkanes) is 2. The molecule has 1 aromatic carbocycles. The standard InChI is InChI=1S/C32H41F4N3O3/c1-29(2,33)28-37-26(38-42-28)11-6-5-7-12-39(27(40)21-13-23(14-21)32(34,35)36)25-10-8-9-20(15-25)22-16-31(17-22)18-24(19-31)30(3,4)41/h8-10,15-16,21,23-24,41H,5-7,11-14,17-19H2,1-4H3/t21-,23-,24?,31?. The molecule has 6 nitrogen and oxygen atoms in total. The third-order valence-corrected chi connectivity index (χ3v) is 9.33. The number of anilines is 1. The number of amides is 1. The van der Waals surface area contributed by atoms with Crippen molar-refractivity contribution < 1.29 is 32.0 Å². The zero-order valence-electron chi connectivity index (χ0n) is 24.8. The number of hydrogen-bond donors (Lipinski definition) is 1. The molecule has 0 bridgehead atoms. The van der Waals surface area contributed by atoms with Gasteiger partial charge in [-0.3, -0.25) is 4.79 Å². The van der Waals surface area contributed by atoms with Crippen molar-refractivity contribution in [1.29, 1.82) is 0 Å². The first-order valence-corrected chi connectivity index (χ1v) is 15.0. The van der Waals surface area contributed by atoms with Crippen molar-refractivity contribution in [3.05, 3.63) is 47.6 Å². The van der Waals surface area contributed by atoms with Gasteiger partial charge in [0.25, 0.3) is 5.89 Å². The van der Waals surface area contributed by atoms with E-state index in [9.17, 15) is 27.5 Å². The number of nitrogens with zero attached hydrogens (tertiary/aromatic N) is 3. The van der Waals surface area contributed by atoms with E-state index in [1.165, 1.54) is 19.4 Å². The Morgan fingerprint density at radius 2 is 1.76 bits per heavy atom. The molecule has 0 unspecified atom stereocenters. The van der Waals surface area contributed by atoms with Crippen molar-refractivity contribution in [2.24, 2.45) is 23.2 Å². The Hall–Kier alpha value is -2.75. The van der Waals surface area contributed by atoms with Crippen molar-refractivity contribution in [2.75, 3.05) is 11.4 Å². The van der Waals surface area contributed by atoms with E-state index in [0.717, 1.165) is 31.2 Å². The first-order chi connectivity index (χ1) is 19.5. The van der Waals surface area contributed by atoms with Gasteiger partial charge in [-0.05, 0) is 107 Å². The average molecular weight is 592 g/mol. The zero-order valence-corrected chi connectivity index (χ0v) is 24.8. The molecule has 2 saturated carbocycles. The summed E-state index contributed by atoms with van der Waals surface area (Å²) in [6.45, 7) is 6.81. The quantitative estimate of drug-likeness (QED) is 0.216. The SMILES string of the molecule is CC(C)(F)c1nc(CCCCCN(c2cccc(C3=CC4(C3)CC(C(C)(C)O)C4)c2)C(=O)[C@H]2C[C@H](C(F)(F)F)C2)no1. The Kier molecular flexibility index (Phi) is 8.09. The summed E-state index contributed by atoms with van der Waals surface area (Å²) in [5.74, 6) is -1.66. The molecule has 2 fully saturated rings. The molecule has 1 aromatic heterocycles. The molecule has 10 heteroatoms. The molecule has 1 N–H and O–H groups in total. The predicted molar refractivity (Wildman–Crippen MR) is 151 cm³/mol. The van der Waals surface area contributed by atoms with Crippen LogP contribution >= 0.6 is 0 Å². The fraction of sp³-hybridized carbons (Fsp3) is 0.656. The second-order valence-electron chi connectivity index (χ2n) is 13.7. The van der Waals surface area contributed by atoms with Crippen molar-refractivity contribution in [3.8, 4) is 0 Å². The summed E-state index contributed by atoms with van der Waals surface area (Å²) in [7, 11) is 0. The number of carbonyl (C=O) groups excluding carboxylic acids is 1. The van der Waals surface area contributed by atoms with E-state index < -0.39 is 29.3 Å². The maximum atomic E-state index is 14.0. The van der Waals surface area contributed by atoms with E-state index in [-0.39, 0.29) is 36.0 Å². The van der Waals surface area contributed by atoms with E-state index in [1.54, 1.807) is 4.90 Å². The van der Waals surface area contributed by atoms with Crippen LogP contribution in [0.5, 0.6) is 0 Å². The van der Waals surface area contributed by atoms with Crippen LogP contribution in [0.3, 0.4) is 0 Å². The van der Waals surface area contributed by atoms with Gasteiger partial charge in [0.1, 0.15) is 0 Å². The lowest BCUT2D eigenvalue weighted by atomic mass is 9.50. The van der Waals surface area contributed by atoms with Crippen LogP contribution in [0.1, 0.15) is 96.3 Å². The van der Waals surface area contributed by atoms with Crippen LogP contribution in [0.25, 0.3) is 5.57 Å². The molecule has 1 heterocycles. The number of aryl methyl sites for hydroxylation is 1. The highest BCUT2D eigenvalue weighted by molar-refractivity contribution is 5.96. The lowest BCUT2D eigenvalue weighted by Gasteiger charge is -2.55. The topological polar surface area (TPSA) is 79.5 Å². The van der Waals surface area contributed by atoms with Gasteiger partial charge in [0.05, 0.1) is 11.5 Å². The molecule has 0 aliphatic heterocycles. The van der Waals surface area contributed by atoms with Crippen LogP contribution in [0.15, 0.2) is 34.9 Å². The molecule has 0 saturated heterocycles. The lowest BCUT2D eigenvalue weighted by Crippen LogP contribution is -2.49. The summed E-state index contributed by atoms with van der Waals surface area (Å²) in [5.41, 5.74) is 0.681. The van der Waals surface area contributed by atoms with E-state index in [0.29, 0.717) is 37.3 Å². The van der Waals surface area contributed by atoms with Gasteiger partial charge >= 0.3 is 6.18 Å². The van der Waals surface area contributed by atoms with Crippen LogP contribution in [-0.2, 0) is 16.9 Å². The van der Waals surface area contributed by atoms with Gasteiger partial charge in [-0.1, -0.05) is 29.8 Å². The summed E-state index contributed by atoms with van der Waals surface area (Å²) >= 11 is 0. The molecule has 42 heavy (non-hydrogen) atoms. The molecular weight excluding hydrogens is 550 g/mol. The summed E-state index contributed by atoms with van der Waals surface area (Å²) in [4.78, 5) is 19.2. The van der Waals surface area contributed by atoms with Crippen LogP contribution < -0.4 is 4.90 Å². The minimum Gasteiger partial charge on any atom is -0.390 e.